The van der Waals surface area contributed by atoms with Crippen molar-refractivity contribution in [3.8, 4) is 5.75 Å². The Morgan fingerprint density at radius 2 is 1.93 bits per heavy atom. The van der Waals surface area contributed by atoms with Crippen LogP contribution >= 0.6 is 15.9 Å². The monoisotopic (exact) mass is 441 g/mol. The molecule has 0 spiro atoms. The minimum atomic E-state index is -0.492. The van der Waals surface area contributed by atoms with E-state index in [1.165, 1.54) is 12.3 Å². The number of fused-ring (bicyclic) bond motifs is 1. The SMILES string of the molecule is C=CC(=O)Nc1ccc(CN/C=C2\C(=O)NC(=O)c3ccc(Br)cc32)cc1O. The van der Waals surface area contributed by atoms with Crippen molar-refractivity contribution in [3.63, 3.8) is 0 Å². The summed E-state index contributed by atoms with van der Waals surface area (Å²) in [5.41, 5.74) is 2.27. The zero-order chi connectivity index (χ0) is 20.3. The van der Waals surface area contributed by atoms with E-state index in [1.807, 2.05) is 0 Å². The summed E-state index contributed by atoms with van der Waals surface area (Å²) >= 11 is 3.34. The number of anilines is 1. The molecule has 4 N–H and O–H groups in total. The topological polar surface area (TPSA) is 108 Å². The van der Waals surface area contributed by atoms with E-state index in [4.69, 9.17) is 0 Å². The van der Waals surface area contributed by atoms with Crippen LogP contribution in [0.25, 0.3) is 5.57 Å². The van der Waals surface area contributed by atoms with Crippen LogP contribution < -0.4 is 16.0 Å². The highest BCUT2D eigenvalue weighted by Gasteiger charge is 2.27. The molecule has 0 saturated carbocycles. The van der Waals surface area contributed by atoms with Gasteiger partial charge in [0.25, 0.3) is 11.8 Å². The summed E-state index contributed by atoms with van der Waals surface area (Å²) in [7, 11) is 0. The van der Waals surface area contributed by atoms with Gasteiger partial charge < -0.3 is 15.7 Å². The third-order valence-corrected chi connectivity index (χ3v) is 4.54. The molecule has 0 atom stereocenters. The number of imide groups is 1. The van der Waals surface area contributed by atoms with Gasteiger partial charge in [0.1, 0.15) is 5.75 Å². The molecule has 0 fully saturated rings. The maximum absolute atomic E-state index is 12.2. The molecule has 142 valence electrons. The fraction of sp³-hybridized carbons (Fsp3) is 0.0500. The fourth-order valence-corrected chi connectivity index (χ4v) is 3.05. The molecule has 2 aromatic carbocycles. The molecule has 1 heterocycles. The van der Waals surface area contributed by atoms with Crippen molar-refractivity contribution in [2.75, 3.05) is 5.32 Å². The third kappa shape index (κ3) is 4.12. The molecule has 0 aromatic heterocycles. The molecule has 8 heteroatoms. The lowest BCUT2D eigenvalue weighted by Gasteiger charge is -2.18. The first kappa shape index (κ1) is 19.4. The largest absolute Gasteiger partial charge is 0.506 e. The van der Waals surface area contributed by atoms with Gasteiger partial charge in [0.05, 0.1) is 11.3 Å². The maximum Gasteiger partial charge on any atom is 0.260 e. The van der Waals surface area contributed by atoms with Gasteiger partial charge >= 0.3 is 0 Å². The first-order chi connectivity index (χ1) is 13.4. The summed E-state index contributed by atoms with van der Waals surface area (Å²) < 4.78 is 0.752. The minimum absolute atomic E-state index is 0.0857. The van der Waals surface area contributed by atoms with Gasteiger partial charge in [-0.1, -0.05) is 28.6 Å². The van der Waals surface area contributed by atoms with Crippen molar-refractivity contribution >= 4 is 44.9 Å². The first-order valence-corrected chi connectivity index (χ1v) is 9.03. The van der Waals surface area contributed by atoms with Crippen LogP contribution in [0, 0.1) is 0 Å². The van der Waals surface area contributed by atoms with Crippen LogP contribution in [-0.2, 0) is 16.1 Å². The van der Waals surface area contributed by atoms with Gasteiger partial charge in [-0.25, -0.2) is 0 Å². The molecule has 0 aliphatic carbocycles. The standard InChI is InChI=1S/C20H16BrN3O4/c1-2-18(26)23-16-6-3-11(7-17(16)25)9-22-10-15-14-8-12(21)4-5-13(14)19(27)24-20(15)28/h2-8,10,22,25H,1,9H2,(H,23,26)(H,24,27,28)/b15-10-. The highest BCUT2D eigenvalue weighted by atomic mass is 79.9. The number of phenols is 1. The van der Waals surface area contributed by atoms with E-state index in [0.717, 1.165) is 16.1 Å². The number of nitrogens with one attached hydrogen (secondary N) is 3. The number of amides is 3. The van der Waals surface area contributed by atoms with E-state index in [9.17, 15) is 19.5 Å². The predicted octanol–water partition coefficient (Wildman–Crippen LogP) is 2.68. The number of hydrogen-bond acceptors (Lipinski definition) is 5. The molecule has 3 amide bonds. The van der Waals surface area contributed by atoms with Crippen molar-refractivity contribution in [3.05, 3.63) is 76.4 Å². The Labute approximate surface area is 169 Å². The maximum atomic E-state index is 12.2. The van der Waals surface area contributed by atoms with E-state index in [1.54, 1.807) is 30.3 Å². The zero-order valence-corrected chi connectivity index (χ0v) is 16.2. The highest BCUT2D eigenvalue weighted by molar-refractivity contribution is 9.10. The van der Waals surface area contributed by atoms with Gasteiger partial charge in [-0.2, -0.15) is 0 Å². The Morgan fingerprint density at radius 3 is 2.64 bits per heavy atom. The average Bonchev–Trinajstić information content (AvgIpc) is 2.66. The summed E-state index contributed by atoms with van der Waals surface area (Å²) in [6.45, 7) is 3.67. The highest BCUT2D eigenvalue weighted by Crippen LogP contribution is 2.27. The van der Waals surface area contributed by atoms with Gasteiger partial charge in [-0.05, 0) is 42.0 Å². The van der Waals surface area contributed by atoms with Gasteiger partial charge in [-0.15, -0.1) is 0 Å². The van der Waals surface area contributed by atoms with Crippen molar-refractivity contribution in [2.45, 2.75) is 6.54 Å². The Hall–Kier alpha value is -3.39. The quantitative estimate of drug-likeness (QED) is 0.324. The first-order valence-electron chi connectivity index (χ1n) is 8.23. The molecule has 28 heavy (non-hydrogen) atoms. The van der Waals surface area contributed by atoms with Crippen LogP contribution in [0.4, 0.5) is 5.69 Å². The van der Waals surface area contributed by atoms with Crippen LogP contribution in [-0.4, -0.2) is 22.8 Å². The Morgan fingerprint density at radius 1 is 1.14 bits per heavy atom. The number of carbonyl (C=O) groups excluding carboxylic acids is 3. The normalized spacial score (nSPS) is 14.2. The summed E-state index contributed by atoms with van der Waals surface area (Å²) in [4.78, 5) is 35.5. The number of hydrogen-bond donors (Lipinski definition) is 4. The van der Waals surface area contributed by atoms with Gasteiger partial charge in [0, 0.05) is 28.3 Å². The summed E-state index contributed by atoms with van der Waals surface area (Å²) in [5, 5.41) is 17.8. The van der Waals surface area contributed by atoms with E-state index >= 15 is 0 Å². The lowest BCUT2D eigenvalue weighted by Crippen LogP contribution is -2.37. The smallest absolute Gasteiger partial charge is 0.260 e. The van der Waals surface area contributed by atoms with Gasteiger partial charge in [0.15, 0.2) is 0 Å². The second kappa shape index (κ2) is 8.10. The van der Waals surface area contributed by atoms with Gasteiger partial charge in [0.2, 0.25) is 5.91 Å². The van der Waals surface area contributed by atoms with Crippen LogP contribution in [0.5, 0.6) is 5.75 Å². The van der Waals surface area contributed by atoms with E-state index in [0.29, 0.717) is 23.2 Å². The summed E-state index contributed by atoms with van der Waals surface area (Å²) in [5.74, 6) is -1.44. The second-order valence-electron chi connectivity index (χ2n) is 5.96. The molecule has 3 rings (SSSR count). The Kier molecular flexibility index (Phi) is 5.60. The molecule has 0 radical (unpaired) electrons. The van der Waals surface area contributed by atoms with Crippen LogP contribution in [0.2, 0.25) is 0 Å². The van der Waals surface area contributed by atoms with Gasteiger partial charge in [-0.3, -0.25) is 19.7 Å². The second-order valence-corrected chi connectivity index (χ2v) is 6.87. The summed E-state index contributed by atoms with van der Waals surface area (Å²) in [6, 6.07) is 9.87. The number of halogens is 1. The van der Waals surface area contributed by atoms with Crippen molar-refractivity contribution < 1.29 is 19.5 Å². The van der Waals surface area contributed by atoms with Crippen LogP contribution in [0.3, 0.4) is 0 Å². The third-order valence-electron chi connectivity index (χ3n) is 4.05. The lowest BCUT2D eigenvalue weighted by molar-refractivity contribution is -0.115. The number of benzene rings is 2. The number of phenolic OH excluding ortho intramolecular Hbond substituents is 1. The van der Waals surface area contributed by atoms with Crippen molar-refractivity contribution in [2.24, 2.45) is 0 Å². The number of rotatable bonds is 5. The van der Waals surface area contributed by atoms with Crippen molar-refractivity contribution in [1.82, 2.24) is 10.6 Å². The van der Waals surface area contributed by atoms with E-state index in [-0.39, 0.29) is 11.4 Å². The molecule has 1 aliphatic rings. The Bertz CT molecular complexity index is 1030. The minimum Gasteiger partial charge on any atom is -0.506 e. The molecule has 7 nitrogen and oxygen atoms in total. The predicted molar refractivity (Wildman–Crippen MR) is 108 cm³/mol. The number of aromatic hydroxyl groups is 1. The molecule has 0 unspecified atom stereocenters. The van der Waals surface area contributed by atoms with Crippen LogP contribution in [0.15, 0.2) is 59.7 Å². The summed E-state index contributed by atoms with van der Waals surface area (Å²) in [6.07, 6.45) is 2.63. The fourth-order valence-electron chi connectivity index (χ4n) is 2.69. The Balaban J connectivity index is 1.77. The molecule has 0 bridgehead atoms. The molecular formula is C20H16BrN3O4. The molecule has 2 aromatic rings. The average molecular weight is 442 g/mol. The lowest BCUT2D eigenvalue weighted by atomic mass is 9.95. The molecule has 0 saturated heterocycles. The zero-order valence-electron chi connectivity index (χ0n) is 14.6. The van der Waals surface area contributed by atoms with Crippen LogP contribution in [0.1, 0.15) is 21.5 Å². The van der Waals surface area contributed by atoms with E-state index < -0.39 is 17.7 Å². The van der Waals surface area contributed by atoms with Crippen molar-refractivity contribution in [1.29, 1.82) is 0 Å². The molecular weight excluding hydrogens is 426 g/mol. The number of carbonyl (C=O) groups is 3. The molecule has 1 aliphatic heterocycles. The van der Waals surface area contributed by atoms with E-state index in [2.05, 4.69) is 38.5 Å².